The highest BCUT2D eigenvalue weighted by Gasteiger charge is 2.45. The first-order valence-electron chi connectivity index (χ1n) is 5.16. The van der Waals surface area contributed by atoms with Crippen LogP contribution in [-0.2, 0) is 9.53 Å². The van der Waals surface area contributed by atoms with Gasteiger partial charge in [0.1, 0.15) is 11.4 Å². The number of nitrogens with one attached hydrogen (secondary N) is 1. The Hall–Kier alpha value is -0.900. The van der Waals surface area contributed by atoms with E-state index in [1.165, 1.54) is 0 Å². The van der Waals surface area contributed by atoms with Crippen LogP contribution in [0.1, 0.15) is 32.1 Å². The second kappa shape index (κ2) is 3.69. The molecule has 1 N–H and O–H groups in total. The van der Waals surface area contributed by atoms with Gasteiger partial charge in [-0.1, -0.05) is 12.8 Å². The number of hydrogen-bond acceptors (Lipinski definition) is 3. The highest BCUT2D eigenvalue weighted by molar-refractivity contribution is 6.08. The van der Waals surface area contributed by atoms with Gasteiger partial charge in [-0.15, -0.1) is 0 Å². The lowest BCUT2D eigenvalue weighted by molar-refractivity contribution is -0.123. The van der Waals surface area contributed by atoms with Crippen molar-refractivity contribution in [1.82, 2.24) is 5.32 Å². The number of hydrogen-bond donors (Lipinski definition) is 1. The minimum atomic E-state index is -0.400. The zero-order chi connectivity index (χ0) is 10.0. The molecule has 0 atom stereocenters. The van der Waals surface area contributed by atoms with Crippen LogP contribution in [0.15, 0.2) is 4.99 Å². The Morgan fingerprint density at radius 3 is 2.86 bits per heavy atom. The van der Waals surface area contributed by atoms with E-state index in [2.05, 4.69) is 10.3 Å². The molecule has 0 aromatic rings. The van der Waals surface area contributed by atoms with Gasteiger partial charge in [0, 0.05) is 13.5 Å². The molecule has 1 saturated carbocycles. The Morgan fingerprint density at radius 1 is 1.50 bits per heavy atom. The number of carbonyl (C=O) groups is 1. The fourth-order valence-electron chi connectivity index (χ4n) is 2.20. The van der Waals surface area contributed by atoms with E-state index in [4.69, 9.17) is 4.74 Å². The summed E-state index contributed by atoms with van der Waals surface area (Å²) in [7, 11) is 1.66. The number of amides is 1. The lowest BCUT2D eigenvalue weighted by Crippen LogP contribution is -2.37. The van der Waals surface area contributed by atoms with Crippen LogP contribution in [0.5, 0.6) is 0 Å². The Labute approximate surface area is 83.7 Å². The van der Waals surface area contributed by atoms with Gasteiger partial charge in [-0.05, 0) is 12.8 Å². The van der Waals surface area contributed by atoms with Gasteiger partial charge in [0.15, 0.2) is 0 Å². The van der Waals surface area contributed by atoms with Crippen molar-refractivity contribution in [3.63, 3.8) is 0 Å². The van der Waals surface area contributed by atoms with Crippen molar-refractivity contribution in [2.75, 3.05) is 13.7 Å². The standard InChI is InChI=1S/C10H16N2O2/c1-14-7-4-8-11-9(13)10(12-8)5-2-3-6-10/h2-7H2,1H3,(H,11,12,13). The summed E-state index contributed by atoms with van der Waals surface area (Å²) in [6.07, 6.45) is 4.78. The van der Waals surface area contributed by atoms with Crippen LogP contribution in [0.4, 0.5) is 0 Å². The van der Waals surface area contributed by atoms with Crippen LogP contribution >= 0.6 is 0 Å². The van der Waals surface area contributed by atoms with Gasteiger partial charge in [-0.25, -0.2) is 0 Å². The highest BCUT2D eigenvalue weighted by Crippen LogP contribution is 2.36. The fourth-order valence-corrected chi connectivity index (χ4v) is 2.20. The molecule has 0 aromatic heterocycles. The van der Waals surface area contributed by atoms with Gasteiger partial charge < -0.3 is 10.1 Å². The zero-order valence-electron chi connectivity index (χ0n) is 8.51. The molecule has 1 aliphatic carbocycles. The maximum Gasteiger partial charge on any atom is 0.253 e. The lowest BCUT2D eigenvalue weighted by Gasteiger charge is -2.14. The number of methoxy groups -OCH3 is 1. The molecule has 4 nitrogen and oxygen atoms in total. The summed E-state index contributed by atoms with van der Waals surface area (Å²) in [5.41, 5.74) is -0.400. The fraction of sp³-hybridized carbons (Fsp3) is 0.800. The second-order valence-electron chi connectivity index (χ2n) is 3.99. The van der Waals surface area contributed by atoms with E-state index in [0.717, 1.165) is 31.5 Å². The van der Waals surface area contributed by atoms with Crippen molar-refractivity contribution >= 4 is 11.7 Å². The number of rotatable bonds is 3. The Morgan fingerprint density at radius 2 is 2.21 bits per heavy atom. The normalized spacial score (nSPS) is 24.1. The monoisotopic (exact) mass is 196 g/mol. The minimum absolute atomic E-state index is 0.0982. The second-order valence-corrected chi connectivity index (χ2v) is 3.99. The van der Waals surface area contributed by atoms with Gasteiger partial charge in [0.25, 0.3) is 5.91 Å². The number of amidine groups is 1. The number of ether oxygens (including phenoxy) is 1. The molecule has 1 aliphatic heterocycles. The van der Waals surface area contributed by atoms with Crippen LogP contribution in [0, 0.1) is 0 Å². The molecule has 4 heteroatoms. The quantitative estimate of drug-likeness (QED) is 0.728. The van der Waals surface area contributed by atoms with E-state index in [1.807, 2.05) is 0 Å². The first kappa shape index (κ1) is 9.65. The molecule has 1 fully saturated rings. The van der Waals surface area contributed by atoms with Crippen molar-refractivity contribution in [2.45, 2.75) is 37.6 Å². The molecule has 1 amide bonds. The molecule has 1 heterocycles. The summed E-state index contributed by atoms with van der Waals surface area (Å²) >= 11 is 0. The maximum absolute atomic E-state index is 11.7. The Bertz CT molecular complexity index is 267. The van der Waals surface area contributed by atoms with E-state index in [-0.39, 0.29) is 5.91 Å². The first-order chi connectivity index (χ1) is 6.77. The topological polar surface area (TPSA) is 50.7 Å². The summed E-state index contributed by atoms with van der Waals surface area (Å²) in [6, 6.07) is 0. The lowest BCUT2D eigenvalue weighted by atomic mass is 9.99. The van der Waals surface area contributed by atoms with E-state index in [9.17, 15) is 4.79 Å². The molecule has 0 bridgehead atoms. The van der Waals surface area contributed by atoms with Gasteiger partial charge in [0.05, 0.1) is 6.61 Å². The predicted octanol–water partition coefficient (Wildman–Crippen LogP) is 0.864. The molecule has 0 saturated heterocycles. The molecule has 14 heavy (non-hydrogen) atoms. The van der Waals surface area contributed by atoms with E-state index in [1.54, 1.807) is 7.11 Å². The van der Waals surface area contributed by atoms with E-state index < -0.39 is 5.54 Å². The Kier molecular flexibility index (Phi) is 2.54. The molecule has 78 valence electrons. The third kappa shape index (κ3) is 1.54. The summed E-state index contributed by atoms with van der Waals surface area (Å²) in [5.74, 6) is 0.903. The molecule has 2 aliphatic rings. The zero-order valence-corrected chi connectivity index (χ0v) is 8.51. The summed E-state index contributed by atoms with van der Waals surface area (Å²) < 4.78 is 4.96. The first-order valence-corrected chi connectivity index (χ1v) is 5.16. The number of aliphatic imine (C=N–C) groups is 1. The van der Waals surface area contributed by atoms with Crippen molar-refractivity contribution < 1.29 is 9.53 Å². The summed E-state index contributed by atoms with van der Waals surface area (Å²) in [5, 5.41) is 2.85. The minimum Gasteiger partial charge on any atom is -0.384 e. The molecule has 2 rings (SSSR count). The number of nitrogens with zero attached hydrogens (tertiary/aromatic N) is 1. The summed E-state index contributed by atoms with van der Waals surface area (Å²) in [6.45, 7) is 0.620. The number of carbonyl (C=O) groups excluding carboxylic acids is 1. The molecule has 0 unspecified atom stereocenters. The summed E-state index contributed by atoms with van der Waals surface area (Å²) in [4.78, 5) is 16.2. The third-order valence-corrected chi connectivity index (χ3v) is 3.00. The van der Waals surface area contributed by atoms with Crippen LogP contribution in [0.25, 0.3) is 0 Å². The van der Waals surface area contributed by atoms with Gasteiger partial charge in [-0.3, -0.25) is 9.79 Å². The molecule has 0 radical (unpaired) electrons. The van der Waals surface area contributed by atoms with E-state index in [0.29, 0.717) is 13.0 Å². The van der Waals surface area contributed by atoms with Crippen LogP contribution in [-0.4, -0.2) is 31.0 Å². The molecular formula is C10H16N2O2. The smallest absolute Gasteiger partial charge is 0.253 e. The van der Waals surface area contributed by atoms with Crippen LogP contribution in [0.3, 0.4) is 0 Å². The van der Waals surface area contributed by atoms with Gasteiger partial charge in [0.2, 0.25) is 0 Å². The van der Waals surface area contributed by atoms with Crippen molar-refractivity contribution in [3.8, 4) is 0 Å². The van der Waals surface area contributed by atoms with Crippen LogP contribution in [0.2, 0.25) is 0 Å². The average molecular weight is 196 g/mol. The van der Waals surface area contributed by atoms with Crippen molar-refractivity contribution in [1.29, 1.82) is 0 Å². The Balaban J connectivity index is 2.05. The van der Waals surface area contributed by atoms with Crippen molar-refractivity contribution in [2.24, 2.45) is 4.99 Å². The molecule has 0 aromatic carbocycles. The third-order valence-electron chi connectivity index (χ3n) is 3.00. The highest BCUT2D eigenvalue weighted by atomic mass is 16.5. The molecular weight excluding hydrogens is 180 g/mol. The van der Waals surface area contributed by atoms with E-state index >= 15 is 0 Å². The molecule has 1 spiro atoms. The SMILES string of the molecule is COCCC1=NC2(CCCC2)C(=O)N1. The maximum atomic E-state index is 11.7. The average Bonchev–Trinajstić information content (AvgIpc) is 2.74. The van der Waals surface area contributed by atoms with Crippen LogP contribution < -0.4 is 5.32 Å². The van der Waals surface area contributed by atoms with Gasteiger partial charge >= 0.3 is 0 Å². The van der Waals surface area contributed by atoms with Crippen molar-refractivity contribution in [3.05, 3.63) is 0 Å². The predicted molar refractivity (Wildman–Crippen MR) is 53.3 cm³/mol. The largest absolute Gasteiger partial charge is 0.384 e. The van der Waals surface area contributed by atoms with Gasteiger partial charge in [-0.2, -0.15) is 0 Å².